The fourth-order valence-corrected chi connectivity index (χ4v) is 2.65. The zero-order valence-electron chi connectivity index (χ0n) is 10.2. The Bertz CT molecular complexity index is 699. The normalized spacial score (nSPS) is 10.3. The Morgan fingerprint density at radius 1 is 1.45 bits per heavy atom. The van der Waals surface area contributed by atoms with Gasteiger partial charge in [-0.05, 0) is 24.6 Å². The van der Waals surface area contributed by atoms with Crippen molar-refractivity contribution in [2.75, 3.05) is 5.32 Å². The third kappa shape index (κ3) is 2.89. The van der Waals surface area contributed by atoms with E-state index in [4.69, 9.17) is 11.6 Å². The highest BCUT2D eigenvalue weighted by atomic mass is 35.5. The Kier molecular flexibility index (Phi) is 3.91. The zero-order chi connectivity index (χ0) is 14.9. The van der Waals surface area contributed by atoms with E-state index in [1.54, 1.807) is 19.1 Å². The van der Waals surface area contributed by atoms with Crippen molar-refractivity contribution in [3.8, 4) is 5.75 Å². The molecule has 0 spiro atoms. The first-order valence-corrected chi connectivity index (χ1v) is 6.62. The van der Waals surface area contributed by atoms with Crippen LogP contribution in [0.2, 0.25) is 4.34 Å². The molecule has 104 valence electrons. The molecular formula is C12H9ClN2O4S. The van der Waals surface area contributed by atoms with Crippen LogP contribution in [-0.2, 0) is 0 Å². The van der Waals surface area contributed by atoms with Crippen LogP contribution in [0.4, 0.5) is 11.4 Å². The van der Waals surface area contributed by atoms with Crippen molar-refractivity contribution < 1.29 is 14.8 Å². The van der Waals surface area contributed by atoms with Gasteiger partial charge in [0, 0.05) is 6.07 Å². The quantitative estimate of drug-likeness (QED) is 0.514. The second-order valence-electron chi connectivity index (χ2n) is 4.00. The van der Waals surface area contributed by atoms with E-state index in [2.05, 4.69) is 5.32 Å². The Hall–Kier alpha value is -2.12. The molecule has 0 aliphatic rings. The molecule has 0 unspecified atom stereocenters. The maximum absolute atomic E-state index is 11.9. The molecule has 8 heteroatoms. The summed E-state index contributed by atoms with van der Waals surface area (Å²) in [6.07, 6.45) is 0. The molecule has 0 bridgehead atoms. The number of phenolic OH excluding ortho intramolecular Hbond substituents is 1. The Labute approximate surface area is 122 Å². The van der Waals surface area contributed by atoms with Crippen molar-refractivity contribution in [3.63, 3.8) is 0 Å². The molecule has 2 N–H and O–H groups in total. The minimum absolute atomic E-state index is 0.0618. The van der Waals surface area contributed by atoms with Gasteiger partial charge < -0.3 is 10.4 Å². The van der Waals surface area contributed by atoms with E-state index in [1.165, 1.54) is 6.07 Å². The van der Waals surface area contributed by atoms with Gasteiger partial charge in [0.2, 0.25) is 0 Å². The van der Waals surface area contributed by atoms with Gasteiger partial charge >= 0.3 is 0 Å². The number of nitrogens with zero attached hydrogens (tertiary/aromatic N) is 1. The number of rotatable bonds is 3. The van der Waals surface area contributed by atoms with E-state index < -0.39 is 10.8 Å². The van der Waals surface area contributed by atoms with Gasteiger partial charge in [-0.15, -0.1) is 11.3 Å². The molecule has 1 aromatic carbocycles. The highest BCUT2D eigenvalue weighted by Gasteiger charge is 2.21. The first-order chi connectivity index (χ1) is 9.38. The number of aromatic hydroxyl groups is 1. The maximum Gasteiger partial charge on any atom is 0.299 e. The van der Waals surface area contributed by atoms with E-state index >= 15 is 0 Å². The Morgan fingerprint density at radius 2 is 2.15 bits per heavy atom. The van der Waals surface area contributed by atoms with Gasteiger partial charge in [-0.1, -0.05) is 17.7 Å². The number of aryl methyl sites for hydroxylation is 1. The monoisotopic (exact) mass is 312 g/mol. The second-order valence-corrected chi connectivity index (χ2v) is 5.66. The third-order valence-electron chi connectivity index (χ3n) is 2.49. The Balaban J connectivity index is 2.24. The number of nitro groups is 1. The summed E-state index contributed by atoms with van der Waals surface area (Å²) in [5.41, 5.74) is 0.762. The van der Waals surface area contributed by atoms with Crippen LogP contribution in [0.15, 0.2) is 24.3 Å². The first-order valence-electron chi connectivity index (χ1n) is 5.43. The molecule has 0 aliphatic heterocycles. The largest absolute Gasteiger partial charge is 0.506 e. The Morgan fingerprint density at radius 3 is 2.70 bits per heavy atom. The van der Waals surface area contributed by atoms with Crippen LogP contribution in [-0.4, -0.2) is 15.9 Å². The predicted octanol–water partition coefficient (Wildman–Crippen LogP) is 3.58. The molecule has 1 aromatic heterocycles. The van der Waals surface area contributed by atoms with E-state index in [-0.39, 0.29) is 26.3 Å². The van der Waals surface area contributed by atoms with Gasteiger partial charge in [-0.25, -0.2) is 0 Å². The van der Waals surface area contributed by atoms with E-state index in [0.29, 0.717) is 0 Å². The summed E-state index contributed by atoms with van der Waals surface area (Å²) in [6, 6.07) is 5.87. The molecule has 0 atom stereocenters. The lowest BCUT2D eigenvalue weighted by Gasteiger charge is -2.06. The summed E-state index contributed by atoms with van der Waals surface area (Å²) in [5, 5.41) is 22.8. The summed E-state index contributed by atoms with van der Waals surface area (Å²) < 4.78 is -0.0618. The molecule has 0 saturated carbocycles. The summed E-state index contributed by atoms with van der Waals surface area (Å²) in [4.78, 5) is 22.1. The minimum atomic E-state index is -0.654. The van der Waals surface area contributed by atoms with Crippen LogP contribution in [0.3, 0.4) is 0 Å². The van der Waals surface area contributed by atoms with Crippen LogP contribution in [0.25, 0.3) is 0 Å². The van der Waals surface area contributed by atoms with Gasteiger partial charge in [0.25, 0.3) is 11.6 Å². The molecule has 0 aliphatic carbocycles. The number of hydrogen-bond acceptors (Lipinski definition) is 5. The number of anilines is 1. The average Bonchev–Trinajstić information content (AvgIpc) is 2.75. The van der Waals surface area contributed by atoms with Crippen LogP contribution in [0, 0.1) is 17.0 Å². The van der Waals surface area contributed by atoms with Crippen LogP contribution in [0.5, 0.6) is 5.75 Å². The van der Waals surface area contributed by atoms with Crippen LogP contribution < -0.4 is 5.32 Å². The van der Waals surface area contributed by atoms with Crippen LogP contribution >= 0.6 is 22.9 Å². The number of carbonyl (C=O) groups excluding carboxylic acids is 1. The van der Waals surface area contributed by atoms with Gasteiger partial charge in [0.05, 0.1) is 10.6 Å². The van der Waals surface area contributed by atoms with Gasteiger partial charge in [-0.3, -0.25) is 14.9 Å². The SMILES string of the molecule is Cc1ccc(NC(=O)c2cc([N+](=O)[O-])c(Cl)s2)c(O)c1. The smallest absolute Gasteiger partial charge is 0.299 e. The maximum atomic E-state index is 11.9. The van der Waals surface area contributed by atoms with Crippen molar-refractivity contribution in [2.24, 2.45) is 0 Å². The minimum Gasteiger partial charge on any atom is -0.506 e. The molecular weight excluding hydrogens is 304 g/mol. The van der Waals surface area contributed by atoms with Gasteiger partial charge in [-0.2, -0.15) is 0 Å². The lowest BCUT2D eigenvalue weighted by molar-refractivity contribution is -0.384. The molecule has 6 nitrogen and oxygen atoms in total. The fraction of sp³-hybridized carbons (Fsp3) is 0.0833. The summed E-state index contributed by atoms with van der Waals surface area (Å²) in [7, 11) is 0. The van der Waals surface area contributed by atoms with Crippen molar-refractivity contribution in [3.05, 3.63) is 49.2 Å². The van der Waals surface area contributed by atoms with Crippen molar-refractivity contribution in [1.29, 1.82) is 0 Å². The number of nitrogens with one attached hydrogen (secondary N) is 1. The summed E-state index contributed by atoms with van der Waals surface area (Å²) >= 11 is 6.50. The lowest BCUT2D eigenvalue weighted by atomic mass is 10.2. The second kappa shape index (κ2) is 5.48. The van der Waals surface area contributed by atoms with Gasteiger partial charge in [0.1, 0.15) is 10.6 Å². The molecule has 20 heavy (non-hydrogen) atoms. The number of hydrogen-bond donors (Lipinski definition) is 2. The first kappa shape index (κ1) is 14.3. The molecule has 2 aromatic rings. The summed E-state index contributed by atoms with van der Waals surface area (Å²) in [5.74, 6) is -0.639. The van der Waals surface area contributed by atoms with Crippen molar-refractivity contribution in [2.45, 2.75) is 6.92 Å². The van der Waals surface area contributed by atoms with Crippen molar-refractivity contribution in [1.82, 2.24) is 0 Å². The number of halogens is 1. The van der Waals surface area contributed by atoms with E-state index in [1.807, 2.05) is 0 Å². The highest BCUT2D eigenvalue weighted by molar-refractivity contribution is 7.18. The molecule has 0 saturated heterocycles. The molecule has 1 amide bonds. The van der Waals surface area contributed by atoms with Gasteiger partial charge in [0.15, 0.2) is 4.34 Å². The van der Waals surface area contributed by atoms with Crippen molar-refractivity contribution >= 4 is 40.2 Å². The number of amides is 1. The van der Waals surface area contributed by atoms with E-state index in [0.717, 1.165) is 23.0 Å². The highest BCUT2D eigenvalue weighted by Crippen LogP contribution is 2.34. The standard InChI is InChI=1S/C12H9ClN2O4S/c1-6-2-3-7(9(16)4-6)14-12(17)10-5-8(15(18)19)11(13)20-10/h2-5,16H,1H3,(H,14,17). The molecule has 1 heterocycles. The average molecular weight is 313 g/mol. The van der Waals surface area contributed by atoms with Crippen LogP contribution in [0.1, 0.15) is 15.2 Å². The zero-order valence-corrected chi connectivity index (χ0v) is 11.8. The molecule has 2 rings (SSSR count). The topological polar surface area (TPSA) is 92.5 Å². The number of benzene rings is 1. The molecule has 0 radical (unpaired) electrons. The third-order valence-corrected chi connectivity index (χ3v) is 3.83. The lowest BCUT2D eigenvalue weighted by Crippen LogP contribution is -2.10. The van der Waals surface area contributed by atoms with E-state index in [9.17, 15) is 20.0 Å². The summed E-state index contributed by atoms with van der Waals surface area (Å²) in [6.45, 7) is 1.80. The predicted molar refractivity (Wildman–Crippen MR) is 76.8 cm³/mol. The number of carbonyl (C=O) groups is 1. The molecule has 0 fully saturated rings. The number of phenols is 1. The fourth-order valence-electron chi connectivity index (χ4n) is 1.53. The number of thiophene rings is 1.